The number of guanidine groups is 1. The number of ether oxygens (including phenoxy) is 1. The standard InChI is InChI=1S/C20H32N4O.HI/c1-2-17-6-8-18(9-7-17)23-19(21)22-16-20(10-4-3-5-11-20)24-12-14-25-15-13-24;/h6-9H,2-5,10-16H2,1H3,(H3,21,22,23);1H. The topological polar surface area (TPSA) is 62.9 Å². The Morgan fingerprint density at radius 2 is 1.81 bits per heavy atom. The van der Waals surface area contributed by atoms with Gasteiger partial charge in [0.25, 0.3) is 0 Å². The Morgan fingerprint density at radius 3 is 2.42 bits per heavy atom. The van der Waals surface area contributed by atoms with Gasteiger partial charge in [-0.1, -0.05) is 38.3 Å². The van der Waals surface area contributed by atoms with E-state index >= 15 is 0 Å². The lowest BCUT2D eigenvalue weighted by atomic mass is 9.80. The molecule has 1 aliphatic heterocycles. The van der Waals surface area contributed by atoms with Crippen molar-refractivity contribution in [3.63, 3.8) is 0 Å². The van der Waals surface area contributed by atoms with Crippen molar-refractivity contribution in [1.29, 1.82) is 0 Å². The summed E-state index contributed by atoms with van der Waals surface area (Å²) in [5.41, 5.74) is 8.68. The van der Waals surface area contributed by atoms with Gasteiger partial charge in [0, 0.05) is 24.3 Å². The second-order valence-electron chi connectivity index (χ2n) is 7.26. The molecule has 0 bridgehead atoms. The predicted molar refractivity (Wildman–Crippen MR) is 120 cm³/mol. The fourth-order valence-electron chi connectivity index (χ4n) is 4.07. The lowest BCUT2D eigenvalue weighted by molar-refractivity contribution is -0.0333. The number of benzene rings is 1. The van der Waals surface area contributed by atoms with Crippen LogP contribution in [0.3, 0.4) is 0 Å². The number of aryl methyl sites for hydroxylation is 1. The van der Waals surface area contributed by atoms with Crippen molar-refractivity contribution in [2.24, 2.45) is 10.7 Å². The highest BCUT2D eigenvalue weighted by Crippen LogP contribution is 2.34. The Morgan fingerprint density at radius 1 is 1.15 bits per heavy atom. The van der Waals surface area contributed by atoms with Gasteiger partial charge < -0.3 is 15.8 Å². The molecule has 0 unspecified atom stereocenters. The molecule has 1 saturated heterocycles. The van der Waals surface area contributed by atoms with Crippen molar-refractivity contribution in [3.8, 4) is 0 Å². The van der Waals surface area contributed by atoms with Crippen LogP contribution in [0.4, 0.5) is 5.69 Å². The van der Waals surface area contributed by atoms with E-state index in [-0.39, 0.29) is 29.5 Å². The summed E-state index contributed by atoms with van der Waals surface area (Å²) in [6.07, 6.45) is 7.40. The van der Waals surface area contributed by atoms with Gasteiger partial charge in [0.2, 0.25) is 0 Å². The van der Waals surface area contributed by atoms with Crippen LogP contribution in [0.25, 0.3) is 0 Å². The zero-order valence-corrected chi connectivity index (χ0v) is 18.2. The van der Waals surface area contributed by atoms with E-state index in [0.29, 0.717) is 5.96 Å². The van der Waals surface area contributed by atoms with Crippen molar-refractivity contribution in [3.05, 3.63) is 29.8 Å². The van der Waals surface area contributed by atoms with Crippen LogP contribution in [-0.4, -0.2) is 49.2 Å². The Hall–Kier alpha value is -0.860. The third-order valence-corrected chi connectivity index (χ3v) is 5.64. The van der Waals surface area contributed by atoms with Crippen molar-refractivity contribution in [1.82, 2.24) is 4.90 Å². The van der Waals surface area contributed by atoms with Gasteiger partial charge in [0.05, 0.1) is 19.8 Å². The number of hydrogen-bond acceptors (Lipinski definition) is 3. The number of anilines is 1. The number of hydrogen-bond donors (Lipinski definition) is 2. The number of rotatable bonds is 5. The van der Waals surface area contributed by atoms with Crippen LogP contribution in [0.2, 0.25) is 0 Å². The van der Waals surface area contributed by atoms with Crippen LogP contribution in [0, 0.1) is 0 Å². The van der Waals surface area contributed by atoms with Crippen LogP contribution < -0.4 is 11.1 Å². The van der Waals surface area contributed by atoms with Crippen molar-refractivity contribution in [2.45, 2.75) is 51.0 Å². The SMILES string of the molecule is CCc1ccc(NC(N)=NCC2(N3CCOCC3)CCCCC2)cc1.I. The van der Waals surface area contributed by atoms with E-state index in [1.54, 1.807) is 0 Å². The lowest BCUT2D eigenvalue weighted by Gasteiger charge is -2.47. The van der Waals surface area contributed by atoms with Crippen LogP contribution in [0.15, 0.2) is 29.3 Å². The van der Waals surface area contributed by atoms with Gasteiger partial charge in [-0.05, 0) is 37.0 Å². The zero-order chi connectivity index (χ0) is 17.5. The third kappa shape index (κ3) is 5.57. The number of nitrogens with zero attached hydrogens (tertiary/aromatic N) is 2. The summed E-state index contributed by atoms with van der Waals surface area (Å²) in [5.74, 6) is 0.516. The first-order valence-corrected chi connectivity index (χ1v) is 9.70. The number of aliphatic imine (C=N–C) groups is 1. The Labute approximate surface area is 174 Å². The lowest BCUT2D eigenvalue weighted by Crippen LogP contribution is -2.56. The zero-order valence-electron chi connectivity index (χ0n) is 15.9. The van der Waals surface area contributed by atoms with Crippen molar-refractivity contribution in [2.75, 3.05) is 38.2 Å². The summed E-state index contributed by atoms with van der Waals surface area (Å²) in [5, 5.41) is 3.24. The van der Waals surface area contributed by atoms with Crippen molar-refractivity contribution >= 4 is 35.6 Å². The van der Waals surface area contributed by atoms with Gasteiger partial charge in [-0.2, -0.15) is 0 Å². The molecule has 1 saturated carbocycles. The third-order valence-electron chi connectivity index (χ3n) is 5.64. The summed E-state index contributed by atoms with van der Waals surface area (Å²) in [6, 6.07) is 8.40. The maximum absolute atomic E-state index is 6.18. The van der Waals surface area contributed by atoms with Crippen LogP contribution in [0.5, 0.6) is 0 Å². The van der Waals surface area contributed by atoms with E-state index in [0.717, 1.165) is 45.0 Å². The number of nitrogens with one attached hydrogen (secondary N) is 1. The molecule has 0 amide bonds. The summed E-state index contributed by atoms with van der Waals surface area (Å²) >= 11 is 0. The molecule has 5 nitrogen and oxygen atoms in total. The van der Waals surface area contributed by atoms with Gasteiger partial charge in [0.1, 0.15) is 0 Å². The number of halogens is 1. The van der Waals surface area contributed by atoms with E-state index in [1.165, 1.54) is 37.7 Å². The summed E-state index contributed by atoms with van der Waals surface area (Å²) in [6.45, 7) is 6.64. The largest absolute Gasteiger partial charge is 0.379 e. The molecule has 0 radical (unpaired) electrons. The van der Waals surface area contributed by atoms with E-state index in [9.17, 15) is 0 Å². The molecule has 0 atom stereocenters. The van der Waals surface area contributed by atoms with Crippen LogP contribution in [0.1, 0.15) is 44.6 Å². The molecule has 3 rings (SSSR count). The molecular weight excluding hydrogens is 439 g/mol. The number of morpholine rings is 1. The highest BCUT2D eigenvalue weighted by Gasteiger charge is 2.38. The molecule has 1 aromatic carbocycles. The van der Waals surface area contributed by atoms with E-state index in [2.05, 4.69) is 41.4 Å². The van der Waals surface area contributed by atoms with Crippen molar-refractivity contribution < 1.29 is 4.74 Å². The van der Waals surface area contributed by atoms with Gasteiger partial charge in [-0.25, -0.2) is 0 Å². The highest BCUT2D eigenvalue weighted by atomic mass is 127. The second kappa shape index (κ2) is 10.5. The first-order chi connectivity index (χ1) is 12.2. The molecule has 0 aromatic heterocycles. The summed E-state index contributed by atoms with van der Waals surface area (Å²) < 4.78 is 5.54. The summed E-state index contributed by atoms with van der Waals surface area (Å²) in [7, 11) is 0. The van der Waals surface area contributed by atoms with E-state index in [1.807, 2.05) is 0 Å². The minimum atomic E-state index is 0. The van der Waals surface area contributed by atoms with Gasteiger partial charge in [0.15, 0.2) is 5.96 Å². The molecule has 3 N–H and O–H groups in total. The maximum atomic E-state index is 6.18. The highest BCUT2D eigenvalue weighted by molar-refractivity contribution is 14.0. The Bertz CT molecular complexity index is 564. The summed E-state index contributed by atoms with van der Waals surface area (Å²) in [4.78, 5) is 7.33. The normalized spacial score (nSPS) is 21.0. The van der Waals surface area contributed by atoms with E-state index in [4.69, 9.17) is 15.5 Å². The fourth-order valence-corrected chi connectivity index (χ4v) is 4.07. The number of nitrogens with two attached hydrogens (primary N) is 1. The van der Waals surface area contributed by atoms with Gasteiger partial charge >= 0.3 is 0 Å². The molecule has 146 valence electrons. The Balaban J connectivity index is 0.00000243. The second-order valence-corrected chi connectivity index (χ2v) is 7.26. The van der Waals surface area contributed by atoms with Crippen LogP contribution >= 0.6 is 24.0 Å². The maximum Gasteiger partial charge on any atom is 0.193 e. The molecule has 1 aliphatic carbocycles. The van der Waals surface area contributed by atoms with Gasteiger partial charge in [-0.3, -0.25) is 9.89 Å². The molecule has 0 spiro atoms. The quantitative estimate of drug-likeness (QED) is 0.391. The predicted octanol–water partition coefficient (Wildman–Crippen LogP) is 3.63. The average Bonchev–Trinajstić information content (AvgIpc) is 2.68. The molecule has 1 aromatic rings. The average molecular weight is 472 g/mol. The van der Waals surface area contributed by atoms with E-state index < -0.39 is 0 Å². The molecule has 1 heterocycles. The smallest absolute Gasteiger partial charge is 0.193 e. The molecule has 6 heteroatoms. The fraction of sp³-hybridized carbons (Fsp3) is 0.650. The molecule has 2 fully saturated rings. The molecule has 26 heavy (non-hydrogen) atoms. The van der Waals surface area contributed by atoms with Gasteiger partial charge in [-0.15, -0.1) is 24.0 Å². The molecule has 2 aliphatic rings. The first kappa shape index (κ1) is 21.4. The van der Waals surface area contributed by atoms with Crippen LogP contribution in [-0.2, 0) is 11.2 Å². The minimum Gasteiger partial charge on any atom is -0.379 e. The first-order valence-electron chi connectivity index (χ1n) is 9.70. The Kier molecular flexibility index (Phi) is 8.63. The molecular formula is C20H33IN4O. The monoisotopic (exact) mass is 472 g/mol. The minimum absolute atomic E-state index is 0.